The highest BCUT2D eigenvalue weighted by Gasteiger charge is 2.23. The van der Waals surface area contributed by atoms with Crippen LogP contribution in [0.2, 0.25) is 5.02 Å². The molecule has 26 heavy (non-hydrogen) atoms. The van der Waals surface area contributed by atoms with Crippen molar-refractivity contribution in [2.75, 3.05) is 29.1 Å². The molecule has 5 nitrogen and oxygen atoms in total. The van der Waals surface area contributed by atoms with E-state index >= 15 is 0 Å². The molecule has 1 N–H and O–H groups in total. The maximum absolute atomic E-state index is 12.1. The van der Waals surface area contributed by atoms with Gasteiger partial charge in [-0.15, -0.1) is 0 Å². The Morgan fingerprint density at radius 2 is 2.04 bits per heavy atom. The fourth-order valence-corrected chi connectivity index (χ4v) is 4.19. The molecule has 1 saturated heterocycles. The van der Waals surface area contributed by atoms with E-state index in [9.17, 15) is 4.79 Å². The van der Waals surface area contributed by atoms with Gasteiger partial charge in [-0.05, 0) is 36.5 Å². The number of aromatic nitrogens is 2. The third-order valence-electron chi connectivity index (χ3n) is 4.28. The van der Waals surface area contributed by atoms with E-state index in [-0.39, 0.29) is 11.7 Å². The molecule has 1 aliphatic rings. The molecule has 2 aromatic rings. The molecule has 0 spiro atoms. The number of piperidine rings is 1. The Morgan fingerprint density at radius 1 is 1.27 bits per heavy atom. The predicted octanol–water partition coefficient (Wildman–Crippen LogP) is 4.34. The van der Waals surface area contributed by atoms with E-state index in [1.807, 2.05) is 18.2 Å². The molecule has 1 aromatic heterocycles. The van der Waals surface area contributed by atoms with Crippen molar-refractivity contribution in [2.24, 2.45) is 11.8 Å². The molecule has 1 aromatic carbocycles. The number of benzene rings is 1. The van der Waals surface area contributed by atoms with E-state index in [4.69, 9.17) is 11.6 Å². The van der Waals surface area contributed by atoms with Crippen LogP contribution in [-0.4, -0.2) is 34.7 Å². The monoisotopic (exact) mass is 390 g/mol. The summed E-state index contributed by atoms with van der Waals surface area (Å²) in [6.07, 6.45) is 2.84. The van der Waals surface area contributed by atoms with Crippen molar-refractivity contribution in [3.05, 3.63) is 41.7 Å². The van der Waals surface area contributed by atoms with Gasteiger partial charge < -0.3 is 10.2 Å². The maximum Gasteiger partial charge on any atom is 0.234 e. The summed E-state index contributed by atoms with van der Waals surface area (Å²) >= 11 is 7.34. The molecule has 0 unspecified atom stereocenters. The van der Waals surface area contributed by atoms with Gasteiger partial charge in [0, 0.05) is 29.9 Å². The first-order chi connectivity index (χ1) is 12.5. The second-order valence-electron chi connectivity index (χ2n) is 6.91. The quantitative estimate of drug-likeness (QED) is 0.607. The van der Waals surface area contributed by atoms with E-state index < -0.39 is 0 Å². The number of nitrogens with one attached hydrogen (secondary N) is 1. The summed E-state index contributed by atoms with van der Waals surface area (Å²) in [5, 5.41) is 4.25. The summed E-state index contributed by atoms with van der Waals surface area (Å²) in [5.41, 5.74) is 0.697. The maximum atomic E-state index is 12.1. The third-order valence-corrected chi connectivity index (χ3v) is 5.44. The number of rotatable bonds is 5. The van der Waals surface area contributed by atoms with Crippen molar-refractivity contribution >= 4 is 40.8 Å². The van der Waals surface area contributed by atoms with Gasteiger partial charge in [0.2, 0.25) is 5.91 Å². The molecule has 3 rings (SSSR count). The van der Waals surface area contributed by atoms with Crippen LogP contribution < -0.4 is 10.2 Å². The summed E-state index contributed by atoms with van der Waals surface area (Å²) in [6.45, 7) is 6.58. The largest absolute Gasteiger partial charge is 0.356 e. The van der Waals surface area contributed by atoms with Gasteiger partial charge >= 0.3 is 0 Å². The molecule has 7 heteroatoms. The second kappa shape index (κ2) is 8.73. The van der Waals surface area contributed by atoms with E-state index in [1.165, 1.54) is 18.2 Å². The zero-order valence-corrected chi connectivity index (χ0v) is 16.6. The van der Waals surface area contributed by atoms with Crippen molar-refractivity contribution < 1.29 is 4.79 Å². The number of amides is 1. The van der Waals surface area contributed by atoms with Crippen LogP contribution in [0.5, 0.6) is 0 Å². The molecule has 1 fully saturated rings. The molecule has 2 heterocycles. The summed E-state index contributed by atoms with van der Waals surface area (Å²) < 4.78 is 0. The first-order valence-electron chi connectivity index (χ1n) is 8.75. The Bertz CT molecular complexity index is 763. The van der Waals surface area contributed by atoms with Gasteiger partial charge in [-0.25, -0.2) is 9.97 Å². The Kier molecular flexibility index (Phi) is 6.38. The summed E-state index contributed by atoms with van der Waals surface area (Å²) in [5.74, 6) is 2.46. The van der Waals surface area contributed by atoms with Crippen molar-refractivity contribution in [1.29, 1.82) is 0 Å². The number of halogens is 1. The van der Waals surface area contributed by atoms with Crippen LogP contribution in [0.3, 0.4) is 0 Å². The van der Waals surface area contributed by atoms with E-state index in [0.29, 0.717) is 22.5 Å². The SMILES string of the molecule is C[C@H]1C[C@H](C)CN(c2cc(SCC(=O)Nc3cccc(Cl)c3)ncn2)C1. The zero-order chi connectivity index (χ0) is 18.5. The standard InChI is InChI=1S/C19H23ClN4OS/c1-13-6-14(2)10-24(9-13)17-8-19(22-12-21-17)26-11-18(25)23-16-5-3-4-15(20)7-16/h3-5,7-8,12-14H,6,9-11H2,1-2H3,(H,23,25)/t13-,14-/m0/s1. The number of carbonyl (C=O) groups is 1. The normalized spacial score (nSPS) is 20.0. The number of hydrogen-bond donors (Lipinski definition) is 1. The van der Waals surface area contributed by atoms with Crippen LogP contribution in [0, 0.1) is 11.8 Å². The molecular weight excluding hydrogens is 368 g/mol. The molecule has 138 valence electrons. The number of anilines is 2. The number of thioether (sulfide) groups is 1. The average Bonchev–Trinajstić information content (AvgIpc) is 2.59. The fraction of sp³-hybridized carbons (Fsp3) is 0.421. The second-order valence-corrected chi connectivity index (χ2v) is 8.34. The predicted molar refractivity (Wildman–Crippen MR) is 108 cm³/mol. The van der Waals surface area contributed by atoms with Crippen LogP contribution in [-0.2, 0) is 4.79 Å². The highest BCUT2D eigenvalue weighted by Crippen LogP contribution is 2.27. The van der Waals surface area contributed by atoms with Crippen molar-refractivity contribution in [2.45, 2.75) is 25.3 Å². The molecule has 1 amide bonds. The summed E-state index contributed by atoms with van der Waals surface area (Å²) in [6, 6.07) is 9.10. The van der Waals surface area contributed by atoms with Crippen LogP contribution in [0.25, 0.3) is 0 Å². The molecular formula is C19H23ClN4OS. The highest BCUT2D eigenvalue weighted by atomic mass is 35.5. The van der Waals surface area contributed by atoms with Crippen molar-refractivity contribution in [3.63, 3.8) is 0 Å². The van der Waals surface area contributed by atoms with Crippen molar-refractivity contribution in [3.8, 4) is 0 Å². The minimum Gasteiger partial charge on any atom is -0.356 e. The number of nitrogens with zero attached hydrogens (tertiary/aromatic N) is 3. The first kappa shape index (κ1) is 19.0. The van der Waals surface area contributed by atoms with E-state index in [0.717, 1.165) is 23.9 Å². The Hall–Kier alpha value is -1.79. The fourth-order valence-electron chi connectivity index (χ4n) is 3.33. The average molecular weight is 391 g/mol. The summed E-state index contributed by atoms with van der Waals surface area (Å²) in [7, 11) is 0. The number of carbonyl (C=O) groups excluding carboxylic acids is 1. The topological polar surface area (TPSA) is 58.1 Å². The van der Waals surface area contributed by atoms with Gasteiger partial charge in [-0.1, -0.05) is 43.3 Å². The van der Waals surface area contributed by atoms with Gasteiger partial charge in [0.15, 0.2) is 0 Å². The van der Waals surface area contributed by atoms with Crippen LogP contribution in [0.4, 0.5) is 11.5 Å². The van der Waals surface area contributed by atoms with Gasteiger partial charge in [-0.2, -0.15) is 0 Å². The van der Waals surface area contributed by atoms with Crippen LogP contribution in [0.1, 0.15) is 20.3 Å². The lowest BCUT2D eigenvalue weighted by Gasteiger charge is -2.35. The Labute approximate surface area is 163 Å². The lowest BCUT2D eigenvalue weighted by atomic mass is 9.92. The minimum atomic E-state index is -0.0855. The lowest BCUT2D eigenvalue weighted by molar-refractivity contribution is -0.113. The zero-order valence-electron chi connectivity index (χ0n) is 15.0. The smallest absolute Gasteiger partial charge is 0.234 e. The molecule has 0 radical (unpaired) electrons. The first-order valence-corrected chi connectivity index (χ1v) is 10.1. The third kappa shape index (κ3) is 5.35. The molecule has 1 aliphatic heterocycles. The van der Waals surface area contributed by atoms with E-state index in [1.54, 1.807) is 18.5 Å². The lowest BCUT2D eigenvalue weighted by Crippen LogP contribution is -2.39. The number of hydrogen-bond acceptors (Lipinski definition) is 5. The van der Waals surface area contributed by atoms with Crippen LogP contribution >= 0.6 is 23.4 Å². The van der Waals surface area contributed by atoms with Crippen LogP contribution in [0.15, 0.2) is 41.7 Å². The Morgan fingerprint density at radius 3 is 2.77 bits per heavy atom. The highest BCUT2D eigenvalue weighted by molar-refractivity contribution is 7.99. The minimum absolute atomic E-state index is 0.0855. The Balaban J connectivity index is 1.57. The molecule has 0 saturated carbocycles. The van der Waals surface area contributed by atoms with Gasteiger partial charge in [0.05, 0.1) is 5.75 Å². The van der Waals surface area contributed by atoms with Gasteiger partial charge in [0.25, 0.3) is 0 Å². The van der Waals surface area contributed by atoms with Gasteiger partial charge in [0.1, 0.15) is 17.2 Å². The molecule has 2 atom stereocenters. The molecule has 0 aliphatic carbocycles. The molecule has 0 bridgehead atoms. The van der Waals surface area contributed by atoms with E-state index in [2.05, 4.69) is 34.0 Å². The van der Waals surface area contributed by atoms with Crippen molar-refractivity contribution in [1.82, 2.24) is 9.97 Å². The van der Waals surface area contributed by atoms with Gasteiger partial charge in [-0.3, -0.25) is 4.79 Å². The summed E-state index contributed by atoms with van der Waals surface area (Å²) in [4.78, 5) is 23.2.